The van der Waals surface area contributed by atoms with E-state index in [1.807, 2.05) is 6.92 Å². The van der Waals surface area contributed by atoms with Crippen molar-refractivity contribution in [2.24, 2.45) is 5.41 Å². The largest absolute Gasteiger partial charge is 0.293 e. The van der Waals surface area contributed by atoms with Crippen LogP contribution in [-0.2, 0) is 0 Å². The number of rotatable bonds is 3. The van der Waals surface area contributed by atoms with Crippen molar-refractivity contribution in [2.45, 2.75) is 51.1 Å². The van der Waals surface area contributed by atoms with E-state index in [0.717, 1.165) is 18.4 Å². The van der Waals surface area contributed by atoms with Gasteiger partial charge in [-0.05, 0) is 37.3 Å². The summed E-state index contributed by atoms with van der Waals surface area (Å²) in [7, 11) is 0. The predicted molar refractivity (Wildman–Crippen MR) is 70.0 cm³/mol. The van der Waals surface area contributed by atoms with Gasteiger partial charge in [0.25, 0.3) is 0 Å². The first-order valence-corrected chi connectivity index (χ1v) is 7.20. The van der Waals surface area contributed by atoms with E-state index in [0.29, 0.717) is 19.4 Å². The average molecular weight is 284 g/mol. The zero-order valence-electron chi connectivity index (χ0n) is 11.5. The summed E-state index contributed by atoms with van der Waals surface area (Å²) in [6.07, 6.45) is 3.41. The van der Waals surface area contributed by atoms with Crippen LogP contribution in [0.5, 0.6) is 0 Å². The minimum atomic E-state index is -2.29. The van der Waals surface area contributed by atoms with Crippen molar-refractivity contribution in [1.29, 1.82) is 0 Å². The zero-order chi connectivity index (χ0) is 14.3. The van der Waals surface area contributed by atoms with Gasteiger partial charge in [0.05, 0.1) is 6.20 Å². The van der Waals surface area contributed by atoms with E-state index in [1.165, 1.54) is 12.3 Å². The van der Waals surface area contributed by atoms with Gasteiger partial charge < -0.3 is 0 Å². The van der Waals surface area contributed by atoms with Crippen LogP contribution in [0.4, 0.5) is 13.2 Å². The fourth-order valence-corrected chi connectivity index (χ4v) is 3.83. The van der Waals surface area contributed by atoms with Gasteiger partial charge in [0.15, 0.2) is 0 Å². The Labute approximate surface area is 117 Å². The molecule has 0 spiro atoms. The maximum absolute atomic E-state index is 13.4. The molecular weight excluding hydrogens is 265 g/mol. The SMILES string of the molecule is CCC1(C(F)F)C[C@@H]2CCC(c3cncc(F)c3)N2C1. The predicted octanol–water partition coefficient (Wildman–Crippen LogP) is 3.79. The number of hydrogen-bond donors (Lipinski definition) is 0. The van der Waals surface area contributed by atoms with Crippen LogP contribution in [0, 0.1) is 11.2 Å². The van der Waals surface area contributed by atoms with Gasteiger partial charge in [-0.15, -0.1) is 0 Å². The van der Waals surface area contributed by atoms with E-state index in [2.05, 4.69) is 9.88 Å². The second kappa shape index (κ2) is 5.02. The first-order valence-electron chi connectivity index (χ1n) is 7.20. The third-order valence-corrected chi connectivity index (χ3v) is 5.06. The molecule has 3 heterocycles. The number of pyridine rings is 1. The van der Waals surface area contributed by atoms with Crippen LogP contribution in [0.1, 0.15) is 44.2 Å². The molecule has 0 bridgehead atoms. The Morgan fingerprint density at radius 3 is 2.85 bits per heavy atom. The molecule has 110 valence electrons. The topological polar surface area (TPSA) is 16.1 Å². The summed E-state index contributed by atoms with van der Waals surface area (Å²) in [5.41, 5.74) is -0.0712. The minimum Gasteiger partial charge on any atom is -0.293 e. The van der Waals surface area contributed by atoms with Crippen LogP contribution < -0.4 is 0 Å². The van der Waals surface area contributed by atoms with Crippen molar-refractivity contribution < 1.29 is 13.2 Å². The molecule has 2 aliphatic heterocycles. The Bertz CT molecular complexity index is 494. The van der Waals surface area contributed by atoms with Crippen molar-refractivity contribution in [2.75, 3.05) is 6.54 Å². The molecule has 3 rings (SSSR count). The lowest BCUT2D eigenvalue weighted by Crippen LogP contribution is -2.34. The van der Waals surface area contributed by atoms with Gasteiger partial charge in [-0.2, -0.15) is 0 Å². The van der Waals surface area contributed by atoms with E-state index in [9.17, 15) is 13.2 Å². The molecule has 1 aromatic heterocycles. The van der Waals surface area contributed by atoms with Crippen molar-refractivity contribution >= 4 is 0 Å². The number of hydrogen-bond acceptors (Lipinski definition) is 2. The van der Waals surface area contributed by atoms with Crippen LogP contribution >= 0.6 is 0 Å². The first-order chi connectivity index (χ1) is 9.55. The van der Waals surface area contributed by atoms with E-state index in [1.54, 1.807) is 6.20 Å². The van der Waals surface area contributed by atoms with Crippen LogP contribution in [-0.4, -0.2) is 28.9 Å². The zero-order valence-corrected chi connectivity index (χ0v) is 11.5. The second-order valence-corrected chi connectivity index (χ2v) is 6.08. The van der Waals surface area contributed by atoms with Gasteiger partial charge >= 0.3 is 0 Å². The lowest BCUT2D eigenvalue weighted by Gasteiger charge is -2.29. The first kappa shape index (κ1) is 13.9. The lowest BCUT2D eigenvalue weighted by molar-refractivity contribution is -0.00530. The molecule has 0 aromatic carbocycles. The smallest absolute Gasteiger partial charge is 0.245 e. The average Bonchev–Trinajstić information content (AvgIpc) is 2.95. The molecule has 0 aliphatic carbocycles. The van der Waals surface area contributed by atoms with Gasteiger partial charge in [0, 0.05) is 30.2 Å². The molecule has 2 aliphatic rings. The minimum absolute atomic E-state index is 0.0374. The van der Waals surface area contributed by atoms with E-state index < -0.39 is 11.8 Å². The Balaban J connectivity index is 1.84. The van der Waals surface area contributed by atoms with E-state index >= 15 is 0 Å². The quantitative estimate of drug-likeness (QED) is 0.839. The van der Waals surface area contributed by atoms with Crippen LogP contribution in [0.2, 0.25) is 0 Å². The monoisotopic (exact) mass is 284 g/mol. The van der Waals surface area contributed by atoms with Gasteiger partial charge in [0.2, 0.25) is 6.43 Å². The summed E-state index contributed by atoms with van der Waals surface area (Å²) in [5, 5.41) is 0. The number of halogens is 3. The summed E-state index contributed by atoms with van der Waals surface area (Å²) in [6, 6.07) is 1.72. The fourth-order valence-electron chi connectivity index (χ4n) is 3.83. The molecule has 0 amide bonds. The number of nitrogens with zero attached hydrogens (tertiary/aromatic N) is 2. The Morgan fingerprint density at radius 2 is 2.20 bits per heavy atom. The third-order valence-electron chi connectivity index (χ3n) is 5.06. The Hall–Kier alpha value is -1.10. The molecular formula is C15H19F3N2. The number of alkyl halides is 2. The second-order valence-electron chi connectivity index (χ2n) is 6.08. The van der Waals surface area contributed by atoms with Crippen LogP contribution in [0.3, 0.4) is 0 Å². The number of fused-ring (bicyclic) bond motifs is 1. The highest BCUT2D eigenvalue weighted by molar-refractivity contribution is 5.19. The molecule has 20 heavy (non-hydrogen) atoms. The van der Waals surface area contributed by atoms with Gasteiger partial charge in [0.1, 0.15) is 5.82 Å². The Kier molecular flexibility index (Phi) is 3.48. The van der Waals surface area contributed by atoms with Crippen molar-refractivity contribution in [3.63, 3.8) is 0 Å². The molecule has 2 fully saturated rings. The molecule has 2 nitrogen and oxygen atoms in total. The highest BCUT2D eigenvalue weighted by atomic mass is 19.3. The lowest BCUT2D eigenvalue weighted by atomic mass is 9.82. The van der Waals surface area contributed by atoms with Gasteiger partial charge in [-0.25, -0.2) is 13.2 Å². The summed E-state index contributed by atoms with van der Waals surface area (Å²) >= 11 is 0. The maximum atomic E-state index is 13.4. The van der Waals surface area contributed by atoms with E-state index in [4.69, 9.17) is 0 Å². The summed E-state index contributed by atoms with van der Waals surface area (Å²) in [4.78, 5) is 6.03. The maximum Gasteiger partial charge on any atom is 0.245 e. The summed E-state index contributed by atoms with van der Waals surface area (Å²) in [6.45, 7) is 2.25. The normalized spacial score (nSPS) is 33.9. The third kappa shape index (κ3) is 2.12. The van der Waals surface area contributed by atoms with E-state index in [-0.39, 0.29) is 17.9 Å². The molecule has 0 saturated carbocycles. The highest BCUT2D eigenvalue weighted by Gasteiger charge is 2.52. The fraction of sp³-hybridized carbons (Fsp3) is 0.667. The van der Waals surface area contributed by atoms with Crippen LogP contribution in [0.15, 0.2) is 18.5 Å². The standard InChI is InChI=1S/C15H19F3N2/c1-2-15(14(17)18)6-12-3-4-13(20(12)9-15)10-5-11(16)8-19-7-10/h5,7-8,12-14H,2-4,6,9H2,1H3/t12-,13?,15?/m0/s1. The molecule has 0 radical (unpaired) electrons. The molecule has 0 N–H and O–H groups in total. The van der Waals surface area contributed by atoms with Gasteiger partial charge in [-0.1, -0.05) is 6.92 Å². The molecule has 5 heteroatoms. The number of aromatic nitrogens is 1. The molecule has 1 aromatic rings. The highest BCUT2D eigenvalue weighted by Crippen LogP contribution is 2.51. The summed E-state index contributed by atoms with van der Waals surface area (Å²) in [5.74, 6) is -0.360. The molecule has 2 unspecified atom stereocenters. The van der Waals surface area contributed by atoms with Crippen molar-refractivity contribution in [1.82, 2.24) is 9.88 Å². The molecule has 2 saturated heterocycles. The van der Waals surface area contributed by atoms with Crippen LogP contribution in [0.25, 0.3) is 0 Å². The Morgan fingerprint density at radius 1 is 1.40 bits per heavy atom. The van der Waals surface area contributed by atoms with Crippen molar-refractivity contribution in [3.05, 3.63) is 29.8 Å². The van der Waals surface area contributed by atoms with Gasteiger partial charge in [-0.3, -0.25) is 9.88 Å². The molecule has 3 atom stereocenters. The van der Waals surface area contributed by atoms with Crippen molar-refractivity contribution in [3.8, 4) is 0 Å². The summed E-state index contributed by atoms with van der Waals surface area (Å²) < 4.78 is 40.1.